The topological polar surface area (TPSA) is 59.3 Å². The van der Waals surface area contributed by atoms with Crippen LogP contribution in [0.25, 0.3) is 0 Å². The number of nitrogens with one attached hydrogen (secondary N) is 1. The van der Waals surface area contributed by atoms with Crippen molar-refractivity contribution in [2.45, 2.75) is 29.0 Å². The molecule has 0 spiro atoms. The molecule has 1 N–H and O–H groups in total. The number of rotatable bonds is 5. The summed E-state index contributed by atoms with van der Waals surface area (Å²) >= 11 is 1.58. The van der Waals surface area contributed by atoms with E-state index in [4.69, 9.17) is 4.42 Å². The zero-order valence-electron chi connectivity index (χ0n) is 11.5. The first kappa shape index (κ1) is 14.7. The lowest BCUT2D eigenvalue weighted by molar-refractivity contribution is 0.404. The van der Waals surface area contributed by atoms with Crippen molar-refractivity contribution in [3.8, 4) is 0 Å². The molecule has 0 bridgehead atoms. The molecule has 2 heterocycles. The van der Waals surface area contributed by atoms with E-state index in [0.717, 1.165) is 15.7 Å². The molecule has 6 heteroatoms. The molecule has 112 valence electrons. The summed E-state index contributed by atoms with van der Waals surface area (Å²) in [4.78, 5) is 1.13. The van der Waals surface area contributed by atoms with E-state index in [1.54, 1.807) is 11.8 Å². The van der Waals surface area contributed by atoms with Crippen molar-refractivity contribution in [1.82, 2.24) is 5.32 Å². The van der Waals surface area contributed by atoms with Crippen LogP contribution >= 0.6 is 11.8 Å². The summed E-state index contributed by atoms with van der Waals surface area (Å²) in [5, 5.41) is 4.09. The Morgan fingerprint density at radius 3 is 2.71 bits per heavy atom. The van der Waals surface area contributed by atoms with Gasteiger partial charge in [0.25, 0.3) is 0 Å². The molecule has 0 radical (unpaired) electrons. The van der Waals surface area contributed by atoms with Crippen LogP contribution in [0.4, 0.5) is 0 Å². The van der Waals surface area contributed by atoms with Crippen molar-refractivity contribution in [2.24, 2.45) is 0 Å². The monoisotopic (exact) mass is 323 g/mol. The van der Waals surface area contributed by atoms with E-state index in [2.05, 4.69) is 5.32 Å². The fourth-order valence-electron chi connectivity index (χ4n) is 2.31. The van der Waals surface area contributed by atoms with Crippen LogP contribution in [0.2, 0.25) is 0 Å². The maximum Gasteiger partial charge on any atom is 0.165 e. The minimum Gasteiger partial charge on any atom is -0.453 e. The van der Waals surface area contributed by atoms with E-state index in [-0.39, 0.29) is 17.5 Å². The van der Waals surface area contributed by atoms with E-state index in [1.165, 1.54) is 0 Å². The molecule has 1 aliphatic rings. The summed E-state index contributed by atoms with van der Waals surface area (Å²) in [6.07, 6.45) is 0.689. The second-order valence-corrected chi connectivity index (χ2v) is 8.42. The van der Waals surface area contributed by atoms with Crippen LogP contribution in [0, 0.1) is 0 Å². The summed E-state index contributed by atoms with van der Waals surface area (Å²) in [5.74, 6) is 1.36. The minimum atomic E-state index is -2.83. The van der Waals surface area contributed by atoms with Gasteiger partial charge in [-0.2, -0.15) is 0 Å². The summed E-state index contributed by atoms with van der Waals surface area (Å²) in [5.41, 5.74) is 0. The molecular formula is C15H17NO3S2. The van der Waals surface area contributed by atoms with E-state index in [1.807, 2.05) is 42.5 Å². The smallest absolute Gasteiger partial charge is 0.165 e. The van der Waals surface area contributed by atoms with Gasteiger partial charge >= 0.3 is 0 Å². The van der Waals surface area contributed by atoms with Crippen LogP contribution in [0.1, 0.15) is 12.2 Å². The molecular weight excluding hydrogens is 306 g/mol. The quantitative estimate of drug-likeness (QED) is 0.917. The van der Waals surface area contributed by atoms with Gasteiger partial charge in [0.1, 0.15) is 5.76 Å². The average Bonchev–Trinajstić information content (AvgIpc) is 3.04. The zero-order chi connectivity index (χ0) is 14.7. The number of benzene rings is 1. The Hall–Kier alpha value is -1.24. The summed E-state index contributed by atoms with van der Waals surface area (Å²) < 4.78 is 28.5. The van der Waals surface area contributed by atoms with E-state index >= 15 is 0 Å². The standard InChI is InChI=1S/C15H17NO3S2/c17-21(18)9-8-12(11-21)16-10-13-6-7-15(19-13)20-14-4-2-1-3-5-14/h1-7,12,16H,8-11H2. The Bertz CT molecular complexity index is 695. The van der Waals surface area contributed by atoms with E-state index < -0.39 is 9.84 Å². The van der Waals surface area contributed by atoms with E-state index in [9.17, 15) is 8.42 Å². The summed E-state index contributed by atoms with van der Waals surface area (Å²) in [6.45, 7) is 0.565. The van der Waals surface area contributed by atoms with Crippen LogP contribution in [0.5, 0.6) is 0 Å². The van der Waals surface area contributed by atoms with Crippen molar-refractivity contribution in [1.29, 1.82) is 0 Å². The van der Waals surface area contributed by atoms with Crippen molar-refractivity contribution in [2.75, 3.05) is 11.5 Å². The Kier molecular flexibility index (Phi) is 4.37. The van der Waals surface area contributed by atoms with Crippen molar-refractivity contribution < 1.29 is 12.8 Å². The highest BCUT2D eigenvalue weighted by Crippen LogP contribution is 2.28. The molecule has 21 heavy (non-hydrogen) atoms. The van der Waals surface area contributed by atoms with Gasteiger partial charge in [0.05, 0.1) is 18.1 Å². The first-order valence-corrected chi connectivity index (χ1v) is 9.50. The van der Waals surface area contributed by atoms with Gasteiger partial charge in [-0.05, 0) is 30.7 Å². The van der Waals surface area contributed by atoms with Crippen LogP contribution in [-0.2, 0) is 16.4 Å². The third-order valence-corrected chi connectivity index (χ3v) is 6.09. The molecule has 2 aromatic rings. The summed E-state index contributed by atoms with van der Waals surface area (Å²) in [6, 6.07) is 14.0. The Balaban J connectivity index is 1.54. The molecule has 1 saturated heterocycles. The first-order valence-electron chi connectivity index (χ1n) is 6.86. The first-order chi connectivity index (χ1) is 10.1. The fourth-order valence-corrected chi connectivity index (χ4v) is 4.83. The highest BCUT2D eigenvalue weighted by molar-refractivity contribution is 7.99. The SMILES string of the molecule is O=S1(=O)CCC(NCc2ccc(Sc3ccccc3)o2)C1. The fraction of sp³-hybridized carbons (Fsp3) is 0.333. The van der Waals surface area contributed by atoms with Gasteiger partial charge in [-0.1, -0.05) is 30.0 Å². The lowest BCUT2D eigenvalue weighted by Crippen LogP contribution is -2.29. The Labute approximate surface area is 128 Å². The third kappa shape index (κ3) is 4.12. The Morgan fingerprint density at radius 1 is 1.19 bits per heavy atom. The maximum atomic E-state index is 11.4. The van der Waals surface area contributed by atoms with Crippen LogP contribution in [0.15, 0.2) is 56.9 Å². The van der Waals surface area contributed by atoms with E-state index in [0.29, 0.717) is 13.0 Å². The van der Waals surface area contributed by atoms with Crippen molar-refractivity contribution in [3.63, 3.8) is 0 Å². The predicted octanol–water partition coefficient (Wildman–Crippen LogP) is 2.71. The molecule has 1 fully saturated rings. The molecule has 1 unspecified atom stereocenters. The van der Waals surface area contributed by atoms with Crippen LogP contribution in [0.3, 0.4) is 0 Å². The molecule has 1 aromatic heterocycles. The molecule has 3 rings (SSSR count). The number of hydrogen-bond donors (Lipinski definition) is 1. The maximum absolute atomic E-state index is 11.4. The van der Waals surface area contributed by atoms with Crippen molar-refractivity contribution in [3.05, 3.63) is 48.2 Å². The average molecular weight is 323 g/mol. The number of sulfone groups is 1. The molecule has 4 nitrogen and oxygen atoms in total. The molecule has 0 amide bonds. The molecule has 0 saturated carbocycles. The highest BCUT2D eigenvalue weighted by Gasteiger charge is 2.27. The normalized spacial score (nSPS) is 20.7. The summed E-state index contributed by atoms with van der Waals surface area (Å²) in [7, 11) is -2.83. The molecule has 1 aliphatic heterocycles. The van der Waals surface area contributed by atoms with Gasteiger partial charge in [0, 0.05) is 10.9 Å². The molecule has 1 atom stereocenters. The third-order valence-electron chi connectivity index (χ3n) is 3.40. The lowest BCUT2D eigenvalue weighted by Gasteiger charge is -2.08. The van der Waals surface area contributed by atoms with Crippen LogP contribution < -0.4 is 5.32 Å². The minimum absolute atomic E-state index is 0.0466. The zero-order valence-corrected chi connectivity index (χ0v) is 13.1. The van der Waals surface area contributed by atoms with Crippen molar-refractivity contribution >= 4 is 21.6 Å². The van der Waals surface area contributed by atoms with Gasteiger partial charge in [0.2, 0.25) is 0 Å². The van der Waals surface area contributed by atoms with Gasteiger partial charge < -0.3 is 9.73 Å². The van der Waals surface area contributed by atoms with Gasteiger partial charge in [0.15, 0.2) is 14.9 Å². The molecule has 1 aromatic carbocycles. The number of furan rings is 1. The van der Waals surface area contributed by atoms with Gasteiger partial charge in [-0.3, -0.25) is 0 Å². The van der Waals surface area contributed by atoms with Gasteiger partial charge in [-0.25, -0.2) is 8.42 Å². The second kappa shape index (κ2) is 6.25. The largest absolute Gasteiger partial charge is 0.453 e. The second-order valence-electron chi connectivity index (χ2n) is 5.12. The van der Waals surface area contributed by atoms with Crippen LogP contribution in [-0.4, -0.2) is 26.0 Å². The van der Waals surface area contributed by atoms with Gasteiger partial charge in [-0.15, -0.1) is 0 Å². The number of hydrogen-bond acceptors (Lipinski definition) is 5. The molecule has 0 aliphatic carbocycles. The Morgan fingerprint density at radius 2 is 2.00 bits per heavy atom. The highest BCUT2D eigenvalue weighted by atomic mass is 32.2. The predicted molar refractivity (Wildman–Crippen MR) is 83.2 cm³/mol. The lowest BCUT2D eigenvalue weighted by atomic mass is 10.2.